The van der Waals surface area contributed by atoms with Crippen molar-refractivity contribution in [1.29, 1.82) is 5.26 Å². The number of ether oxygens (including phenoxy) is 1. The Morgan fingerprint density at radius 3 is 2.20 bits per heavy atom. The fourth-order valence-corrected chi connectivity index (χ4v) is 4.11. The summed E-state index contributed by atoms with van der Waals surface area (Å²) in [5, 5.41) is 24.9. The van der Waals surface area contributed by atoms with Crippen molar-refractivity contribution in [3.05, 3.63) is 95.6 Å². The van der Waals surface area contributed by atoms with Crippen LogP contribution in [0.2, 0.25) is 0 Å². The first-order valence-electron chi connectivity index (χ1n) is 12.8. The lowest BCUT2D eigenvalue weighted by Crippen LogP contribution is -2.53. The summed E-state index contributed by atoms with van der Waals surface area (Å²) < 4.78 is 5.39. The first-order chi connectivity index (χ1) is 19.0. The van der Waals surface area contributed by atoms with E-state index in [0.717, 1.165) is 10.5 Å². The zero-order chi connectivity index (χ0) is 29.3. The van der Waals surface area contributed by atoms with E-state index in [1.54, 1.807) is 75.4 Å². The van der Waals surface area contributed by atoms with Crippen molar-refractivity contribution >= 4 is 23.6 Å². The number of hydrogen-bond acceptors (Lipinski definition) is 6. The predicted molar refractivity (Wildman–Crippen MR) is 151 cm³/mol. The quantitative estimate of drug-likeness (QED) is 0.331. The average molecular weight is 543 g/mol. The standard InChI is InChI=1S/C31H34N4O5/c1-21-10-8-9-13-25(21)33-28(37)27(23-11-6-5-7-12-23)35(19-18-32)29(38)26(34-30(39)40-31(2,3)4)20-22-14-16-24(36)17-15-22/h5-17,26-27,36H,19-20H2,1-4H3,(H,33,37)(H,34,39). The first-order valence-corrected chi connectivity index (χ1v) is 12.8. The molecule has 40 heavy (non-hydrogen) atoms. The molecule has 3 aromatic rings. The minimum Gasteiger partial charge on any atom is -0.508 e. The van der Waals surface area contributed by atoms with E-state index in [9.17, 15) is 24.8 Å². The highest BCUT2D eigenvalue weighted by atomic mass is 16.6. The third kappa shape index (κ3) is 8.33. The number of nitrogens with zero attached hydrogens (tertiary/aromatic N) is 2. The van der Waals surface area contributed by atoms with Crippen molar-refractivity contribution in [3.63, 3.8) is 0 Å². The van der Waals surface area contributed by atoms with Gasteiger partial charge >= 0.3 is 6.09 Å². The number of carbonyl (C=O) groups is 3. The fraction of sp³-hybridized carbons (Fsp3) is 0.290. The largest absolute Gasteiger partial charge is 0.508 e. The lowest BCUT2D eigenvalue weighted by atomic mass is 10.00. The Labute approximate surface area is 234 Å². The molecule has 9 heteroatoms. The molecule has 0 saturated carbocycles. The number of para-hydroxylation sites is 1. The zero-order valence-electron chi connectivity index (χ0n) is 23.0. The van der Waals surface area contributed by atoms with E-state index in [4.69, 9.17) is 4.74 Å². The monoisotopic (exact) mass is 542 g/mol. The van der Waals surface area contributed by atoms with Gasteiger partial charge in [0.15, 0.2) is 0 Å². The van der Waals surface area contributed by atoms with Crippen LogP contribution in [0.25, 0.3) is 0 Å². The van der Waals surface area contributed by atoms with Gasteiger partial charge in [-0.2, -0.15) is 5.26 Å². The summed E-state index contributed by atoms with van der Waals surface area (Å²) in [6.07, 6.45) is -0.788. The van der Waals surface area contributed by atoms with Crippen LogP contribution in [0.4, 0.5) is 10.5 Å². The highest BCUT2D eigenvalue weighted by Crippen LogP contribution is 2.26. The number of benzene rings is 3. The van der Waals surface area contributed by atoms with Crippen LogP contribution in [0.5, 0.6) is 5.75 Å². The first kappa shape index (κ1) is 29.7. The van der Waals surface area contributed by atoms with Crippen LogP contribution in [-0.2, 0) is 20.7 Å². The molecule has 0 aromatic heterocycles. The highest BCUT2D eigenvalue weighted by Gasteiger charge is 2.36. The second-order valence-corrected chi connectivity index (χ2v) is 10.3. The number of nitrogens with one attached hydrogen (secondary N) is 2. The summed E-state index contributed by atoms with van der Waals surface area (Å²) in [6.45, 7) is 6.54. The molecule has 0 aliphatic carbocycles. The van der Waals surface area contributed by atoms with Crippen LogP contribution in [0.1, 0.15) is 43.5 Å². The van der Waals surface area contributed by atoms with Gasteiger partial charge < -0.3 is 25.4 Å². The van der Waals surface area contributed by atoms with Crippen molar-refractivity contribution < 1.29 is 24.2 Å². The summed E-state index contributed by atoms with van der Waals surface area (Å²) in [4.78, 5) is 41.8. The summed E-state index contributed by atoms with van der Waals surface area (Å²) in [6, 6.07) is 21.8. The van der Waals surface area contributed by atoms with Crippen LogP contribution >= 0.6 is 0 Å². The maximum Gasteiger partial charge on any atom is 0.408 e. The SMILES string of the molecule is Cc1ccccc1NC(=O)C(c1ccccc1)N(CC#N)C(=O)C(Cc1ccc(O)cc1)NC(=O)OC(C)(C)C. The van der Waals surface area contributed by atoms with Crippen molar-refractivity contribution in [1.82, 2.24) is 10.2 Å². The number of aryl methyl sites for hydroxylation is 1. The molecule has 3 rings (SSSR count). The predicted octanol–water partition coefficient (Wildman–Crippen LogP) is 4.87. The molecule has 0 bridgehead atoms. The van der Waals surface area contributed by atoms with E-state index in [2.05, 4.69) is 10.6 Å². The van der Waals surface area contributed by atoms with Crippen molar-refractivity contribution in [3.8, 4) is 11.8 Å². The zero-order valence-corrected chi connectivity index (χ0v) is 23.0. The normalized spacial score (nSPS) is 12.4. The third-order valence-corrected chi connectivity index (χ3v) is 5.97. The smallest absolute Gasteiger partial charge is 0.408 e. The van der Waals surface area contributed by atoms with Crippen LogP contribution < -0.4 is 10.6 Å². The molecule has 3 amide bonds. The third-order valence-electron chi connectivity index (χ3n) is 5.97. The molecule has 9 nitrogen and oxygen atoms in total. The lowest BCUT2D eigenvalue weighted by molar-refractivity contribution is -0.140. The van der Waals surface area contributed by atoms with E-state index in [0.29, 0.717) is 16.8 Å². The Bertz CT molecular complexity index is 1360. The molecule has 0 aliphatic heterocycles. The van der Waals surface area contributed by atoms with Gasteiger partial charge in [-0.1, -0.05) is 60.7 Å². The van der Waals surface area contributed by atoms with E-state index in [-0.39, 0.29) is 12.2 Å². The molecule has 0 spiro atoms. The molecular weight excluding hydrogens is 508 g/mol. The number of amides is 3. The summed E-state index contributed by atoms with van der Waals surface area (Å²) >= 11 is 0. The van der Waals surface area contributed by atoms with Crippen molar-refractivity contribution in [2.24, 2.45) is 0 Å². The number of nitriles is 1. The molecule has 2 atom stereocenters. The van der Waals surface area contributed by atoms with Crippen LogP contribution in [-0.4, -0.2) is 46.1 Å². The van der Waals surface area contributed by atoms with E-state index in [1.807, 2.05) is 25.1 Å². The Balaban J connectivity index is 2.02. The summed E-state index contributed by atoms with van der Waals surface area (Å²) in [5.41, 5.74) is 1.73. The Morgan fingerprint density at radius 1 is 0.975 bits per heavy atom. The van der Waals surface area contributed by atoms with Gasteiger partial charge in [-0.3, -0.25) is 9.59 Å². The second kappa shape index (κ2) is 13.3. The molecule has 0 radical (unpaired) electrons. The molecule has 2 unspecified atom stereocenters. The molecule has 0 aliphatic rings. The Kier molecular flexibility index (Phi) is 9.87. The van der Waals surface area contributed by atoms with Gasteiger partial charge in [0, 0.05) is 12.1 Å². The van der Waals surface area contributed by atoms with Crippen LogP contribution in [0.15, 0.2) is 78.9 Å². The summed E-state index contributed by atoms with van der Waals surface area (Å²) in [7, 11) is 0. The van der Waals surface area contributed by atoms with E-state index in [1.165, 1.54) is 12.1 Å². The van der Waals surface area contributed by atoms with Gasteiger partial charge in [-0.25, -0.2) is 4.79 Å². The number of phenols is 1. The molecule has 0 fully saturated rings. The maximum absolute atomic E-state index is 14.1. The van der Waals surface area contributed by atoms with Gasteiger partial charge in [0.2, 0.25) is 5.91 Å². The molecule has 0 heterocycles. The second-order valence-electron chi connectivity index (χ2n) is 10.3. The van der Waals surface area contributed by atoms with Crippen molar-refractivity contribution in [2.75, 3.05) is 11.9 Å². The Hall–Kier alpha value is -4.84. The lowest BCUT2D eigenvalue weighted by Gasteiger charge is -2.33. The molecule has 3 N–H and O–H groups in total. The van der Waals surface area contributed by atoms with E-state index < -0.39 is 42.1 Å². The number of aromatic hydroxyl groups is 1. The fourth-order valence-electron chi connectivity index (χ4n) is 4.11. The minimum atomic E-state index is -1.18. The minimum absolute atomic E-state index is 0.0290. The topological polar surface area (TPSA) is 132 Å². The highest BCUT2D eigenvalue weighted by molar-refractivity contribution is 5.99. The average Bonchev–Trinajstić information content (AvgIpc) is 2.90. The Morgan fingerprint density at radius 2 is 1.60 bits per heavy atom. The number of anilines is 1. The van der Waals surface area contributed by atoms with Gasteiger partial charge in [0.05, 0.1) is 6.07 Å². The van der Waals surface area contributed by atoms with Crippen LogP contribution in [0.3, 0.4) is 0 Å². The maximum atomic E-state index is 14.1. The van der Waals surface area contributed by atoms with Gasteiger partial charge in [0.25, 0.3) is 5.91 Å². The van der Waals surface area contributed by atoms with Gasteiger partial charge in [-0.15, -0.1) is 0 Å². The van der Waals surface area contributed by atoms with Crippen LogP contribution in [0, 0.1) is 18.3 Å². The summed E-state index contributed by atoms with van der Waals surface area (Å²) in [5.74, 6) is -1.10. The number of hydrogen-bond donors (Lipinski definition) is 3. The number of rotatable bonds is 9. The number of carbonyl (C=O) groups excluding carboxylic acids is 3. The molecule has 0 saturated heterocycles. The van der Waals surface area contributed by atoms with Gasteiger partial charge in [0.1, 0.15) is 30.0 Å². The van der Waals surface area contributed by atoms with Gasteiger partial charge in [-0.05, 0) is 62.6 Å². The number of phenolic OH excluding ortho intramolecular Hbond substituents is 1. The number of alkyl carbamates (subject to hydrolysis) is 1. The van der Waals surface area contributed by atoms with Crippen molar-refractivity contribution in [2.45, 2.75) is 51.8 Å². The molecular formula is C31H34N4O5. The molecule has 3 aromatic carbocycles. The van der Waals surface area contributed by atoms with E-state index >= 15 is 0 Å². The molecule has 208 valence electrons.